The predicted molar refractivity (Wildman–Crippen MR) is 152 cm³/mol. The van der Waals surface area contributed by atoms with Gasteiger partial charge in [-0.3, -0.25) is 0 Å². The van der Waals surface area contributed by atoms with Crippen molar-refractivity contribution in [2.75, 3.05) is 32.1 Å². The molecule has 4 rings (SSSR count). The zero-order valence-corrected chi connectivity index (χ0v) is 23.5. The van der Waals surface area contributed by atoms with Crippen molar-refractivity contribution in [3.8, 4) is 11.4 Å². The van der Waals surface area contributed by atoms with Crippen LogP contribution in [-0.2, 0) is 4.74 Å². The first-order valence-electron chi connectivity index (χ1n) is 14.5. The third-order valence-electron chi connectivity index (χ3n) is 7.35. The van der Waals surface area contributed by atoms with Crippen molar-refractivity contribution in [2.24, 2.45) is 0 Å². The summed E-state index contributed by atoms with van der Waals surface area (Å²) in [5.41, 5.74) is 1.05. The summed E-state index contributed by atoms with van der Waals surface area (Å²) < 4.78 is 34.0. The molecule has 1 aliphatic rings. The number of urea groups is 1. The van der Waals surface area contributed by atoms with Crippen LogP contribution >= 0.6 is 0 Å². The van der Waals surface area contributed by atoms with E-state index in [-0.39, 0.29) is 29.8 Å². The molecule has 1 saturated carbocycles. The van der Waals surface area contributed by atoms with Gasteiger partial charge >= 0.3 is 6.03 Å². The number of pyridine rings is 1. The molecular formula is C29H41F2N7O2. The van der Waals surface area contributed by atoms with E-state index >= 15 is 0 Å². The number of aromatic nitrogens is 4. The van der Waals surface area contributed by atoms with Crippen LogP contribution in [0.2, 0.25) is 0 Å². The number of amides is 2. The van der Waals surface area contributed by atoms with Gasteiger partial charge in [0.1, 0.15) is 11.5 Å². The second-order valence-electron chi connectivity index (χ2n) is 10.6. The van der Waals surface area contributed by atoms with Crippen LogP contribution in [0.1, 0.15) is 71.1 Å². The highest BCUT2D eigenvalue weighted by molar-refractivity contribution is 5.91. The van der Waals surface area contributed by atoms with Gasteiger partial charge in [-0.1, -0.05) is 26.2 Å². The zero-order chi connectivity index (χ0) is 28.3. The number of unbranched alkanes of at least 4 members (excludes halogenated alkanes) is 4. The lowest BCUT2D eigenvalue weighted by Gasteiger charge is -2.32. The Bertz CT molecular complexity index is 1240. The molecule has 40 heavy (non-hydrogen) atoms. The molecule has 0 spiro atoms. The maximum Gasteiger partial charge on any atom is 0.317 e. The van der Waals surface area contributed by atoms with Crippen molar-refractivity contribution in [2.45, 2.75) is 83.2 Å². The van der Waals surface area contributed by atoms with Crippen LogP contribution in [-0.4, -0.2) is 69.8 Å². The quantitative estimate of drug-likeness (QED) is 0.209. The fourth-order valence-electron chi connectivity index (χ4n) is 5.05. The van der Waals surface area contributed by atoms with Crippen LogP contribution in [0.25, 0.3) is 22.4 Å². The van der Waals surface area contributed by atoms with E-state index in [1.54, 1.807) is 11.1 Å². The first-order valence-corrected chi connectivity index (χ1v) is 14.5. The summed E-state index contributed by atoms with van der Waals surface area (Å²) in [5.74, 6) is -0.674. The molecule has 1 aliphatic carbocycles. The summed E-state index contributed by atoms with van der Waals surface area (Å²) in [6.45, 7) is 4.52. The number of H-pyrrole nitrogens is 1. The lowest BCUT2D eigenvalue weighted by atomic mass is 9.91. The van der Waals surface area contributed by atoms with Crippen molar-refractivity contribution in [1.29, 1.82) is 0 Å². The largest absolute Gasteiger partial charge is 0.381 e. The van der Waals surface area contributed by atoms with E-state index in [0.29, 0.717) is 29.6 Å². The molecule has 2 atom stereocenters. The van der Waals surface area contributed by atoms with E-state index in [0.717, 1.165) is 83.4 Å². The minimum atomic E-state index is -0.564. The molecule has 11 heteroatoms. The van der Waals surface area contributed by atoms with Gasteiger partial charge in [-0.05, 0) is 51.0 Å². The van der Waals surface area contributed by atoms with Crippen LogP contribution in [0.3, 0.4) is 0 Å². The lowest BCUT2D eigenvalue weighted by molar-refractivity contribution is 0.127. The molecule has 0 unspecified atom stereocenters. The highest BCUT2D eigenvalue weighted by Gasteiger charge is 2.25. The molecule has 218 valence electrons. The molecule has 0 saturated heterocycles. The van der Waals surface area contributed by atoms with Gasteiger partial charge in [-0.15, -0.1) is 0 Å². The lowest BCUT2D eigenvalue weighted by Crippen LogP contribution is -2.47. The second-order valence-corrected chi connectivity index (χ2v) is 10.6. The smallest absolute Gasteiger partial charge is 0.317 e. The average Bonchev–Trinajstić information content (AvgIpc) is 3.36. The van der Waals surface area contributed by atoms with E-state index in [1.165, 1.54) is 6.07 Å². The predicted octanol–water partition coefficient (Wildman–Crippen LogP) is 6.04. The topological polar surface area (TPSA) is 108 Å². The summed E-state index contributed by atoms with van der Waals surface area (Å²) in [6, 6.07) is 1.21. The summed E-state index contributed by atoms with van der Waals surface area (Å²) in [5, 5.41) is 6.88. The first-order chi connectivity index (χ1) is 19.4. The third kappa shape index (κ3) is 8.33. The van der Waals surface area contributed by atoms with Crippen molar-refractivity contribution in [3.63, 3.8) is 0 Å². The summed E-state index contributed by atoms with van der Waals surface area (Å²) >= 11 is 0. The molecule has 3 heterocycles. The highest BCUT2D eigenvalue weighted by Crippen LogP contribution is 2.28. The Morgan fingerprint density at radius 2 is 1.90 bits per heavy atom. The molecule has 3 aromatic heterocycles. The van der Waals surface area contributed by atoms with Gasteiger partial charge in [0.25, 0.3) is 0 Å². The van der Waals surface area contributed by atoms with Gasteiger partial charge in [0.05, 0.1) is 12.4 Å². The van der Waals surface area contributed by atoms with Gasteiger partial charge < -0.3 is 25.3 Å². The molecule has 3 N–H and O–H groups in total. The minimum absolute atomic E-state index is 0.00601. The maximum absolute atomic E-state index is 14.7. The van der Waals surface area contributed by atoms with Crippen molar-refractivity contribution >= 4 is 22.9 Å². The Balaban J connectivity index is 1.24. The number of nitrogens with one attached hydrogen (secondary N) is 3. The Morgan fingerprint density at radius 3 is 2.75 bits per heavy atom. The van der Waals surface area contributed by atoms with E-state index in [1.807, 2.05) is 7.05 Å². The molecular weight excluding hydrogens is 516 g/mol. The number of carbonyl (C=O) groups is 1. The molecule has 0 bridgehead atoms. The zero-order valence-electron chi connectivity index (χ0n) is 23.5. The standard InChI is InChI=1S/C29H41F2N7O2/c1-3-4-13-40-14-8-6-5-7-12-38(2)29(39)36-22-11-9-10-21(16-22)35-28-25(31)19-34-27(37-28)24-18-33-26-23(24)15-20(30)17-32-26/h15,17-19,21-22H,3-14,16H2,1-2H3,(H,32,33)(H,36,39)(H,34,35,37)/t21-,22+/m0/s1. The molecule has 1 fully saturated rings. The van der Waals surface area contributed by atoms with Crippen molar-refractivity contribution in [1.82, 2.24) is 30.2 Å². The van der Waals surface area contributed by atoms with Gasteiger partial charge in [0.2, 0.25) is 0 Å². The molecule has 0 radical (unpaired) electrons. The highest BCUT2D eigenvalue weighted by atomic mass is 19.1. The molecule has 2 amide bonds. The van der Waals surface area contributed by atoms with Crippen LogP contribution < -0.4 is 10.6 Å². The average molecular weight is 558 g/mol. The number of carbonyl (C=O) groups excluding carboxylic acids is 1. The fraction of sp³-hybridized carbons (Fsp3) is 0.586. The number of ether oxygens (including phenoxy) is 1. The van der Waals surface area contributed by atoms with Crippen LogP contribution in [0.5, 0.6) is 0 Å². The summed E-state index contributed by atoms with van der Waals surface area (Å²) in [4.78, 5) is 30.0. The normalized spacial score (nSPS) is 17.2. The number of fused-ring (bicyclic) bond motifs is 1. The maximum atomic E-state index is 14.7. The molecule has 0 aromatic carbocycles. The number of rotatable bonds is 14. The van der Waals surface area contributed by atoms with Crippen LogP contribution in [0.4, 0.5) is 19.4 Å². The number of hydrogen-bond acceptors (Lipinski definition) is 6. The van der Waals surface area contributed by atoms with Gasteiger partial charge in [0, 0.05) is 56.0 Å². The van der Waals surface area contributed by atoms with Crippen LogP contribution in [0.15, 0.2) is 24.7 Å². The number of aromatic amines is 1. The van der Waals surface area contributed by atoms with E-state index in [4.69, 9.17) is 4.74 Å². The van der Waals surface area contributed by atoms with Gasteiger partial charge in [-0.2, -0.15) is 0 Å². The van der Waals surface area contributed by atoms with E-state index in [2.05, 4.69) is 37.5 Å². The third-order valence-corrected chi connectivity index (χ3v) is 7.35. The minimum Gasteiger partial charge on any atom is -0.381 e. The number of nitrogens with zero attached hydrogens (tertiary/aromatic N) is 4. The SMILES string of the molecule is CCCCOCCCCCCN(C)C(=O)N[C@@H]1CCC[C@H](Nc2nc(-c3c[nH]c4ncc(F)cc34)ncc2F)C1. The monoisotopic (exact) mass is 557 g/mol. The van der Waals surface area contributed by atoms with E-state index in [9.17, 15) is 13.6 Å². The van der Waals surface area contributed by atoms with Crippen LogP contribution in [0, 0.1) is 11.6 Å². The van der Waals surface area contributed by atoms with Crippen molar-refractivity contribution in [3.05, 3.63) is 36.3 Å². The number of hydrogen-bond donors (Lipinski definition) is 3. The Morgan fingerprint density at radius 1 is 1.10 bits per heavy atom. The Kier molecular flexibility index (Phi) is 11.0. The van der Waals surface area contributed by atoms with Gasteiger partial charge in [-0.25, -0.2) is 28.5 Å². The first kappa shape index (κ1) is 29.6. The Labute approximate surface area is 234 Å². The van der Waals surface area contributed by atoms with E-state index < -0.39 is 11.6 Å². The molecule has 0 aliphatic heterocycles. The summed E-state index contributed by atoms with van der Waals surface area (Å²) in [6.07, 6.45) is 13.6. The summed E-state index contributed by atoms with van der Waals surface area (Å²) in [7, 11) is 1.83. The fourth-order valence-corrected chi connectivity index (χ4v) is 5.05. The second kappa shape index (κ2) is 14.9. The molecule has 3 aromatic rings. The molecule has 9 nitrogen and oxygen atoms in total. The van der Waals surface area contributed by atoms with Gasteiger partial charge in [0.15, 0.2) is 17.5 Å². The number of halogens is 2. The number of anilines is 1. The Hall–Kier alpha value is -3.34. The van der Waals surface area contributed by atoms with Crippen molar-refractivity contribution < 1.29 is 18.3 Å².